The summed E-state index contributed by atoms with van der Waals surface area (Å²) in [6.07, 6.45) is 3.12. The number of nitrogen functional groups attached to an aromatic ring is 1. The van der Waals surface area contributed by atoms with E-state index in [0.29, 0.717) is 44.8 Å². The maximum atomic E-state index is 14.6. The Morgan fingerprint density at radius 2 is 2.00 bits per heavy atom. The summed E-state index contributed by atoms with van der Waals surface area (Å²) >= 11 is 9.82. The zero-order chi connectivity index (χ0) is 23.8. The first-order chi connectivity index (χ1) is 17.0. The predicted molar refractivity (Wildman–Crippen MR) is 141 cm³/mol. The summed E-state index contributed by atoms with van der Waals surface area (Å²) in [6.45, 7) is 2.24. The van der Waals surface area contributed by atoms with Crippen LogP contribution in [0.2, 0.25) is 5.02 Å². The standard InChI is InChI=1S/C24H22ClFN6OS2/c25-15-8-14-19-21(17(15)13-4-5-16(26)20-18(13)29-23(27)35-20)34-7-1-6-32(19)24(33)30-22(14)31-9-11-2-3-12(10-31)28-11/h4-5,8,11-12,28H,1-3,6-7,9-10H2,(H2,27,29). The number of thioether (sulfide) groups is 1. The third kappa shape index (κ3) is 3.37. The molecule has 0 radical (unpaired) electrons. The van der Waals surface area contributed by atoms with Crippen molar-refractivity contribution in [3.63, 3.8) is 0 Å². The van der Waals surface area contributed by atoms with Crippen molar-refractivity contribution in [2.45, 2.75) is 42.8 Å². The number of hydrogen-bond donors (Lipinski definition) is 2. The number of benzene rings is 2. The summed E-state index contributed by atoms with van der Waals surface area (Å²) in [5.74, 6) is 1.18. The highest BCUT2D eigenvalue weighted by molar-refractivity contribution is 7.99. The van der Waals surface area contributed by atoms with Crippen molar-refractivity contribution in [3.8, 4) is 11.1 Å². The summed E-state index contributed by atoms with van der Waals surface area (Å²) in [5, 5.41) is 5.37. The van der Waals surface area contributed by atoms with Gasteiger partial charge in [0.2, 0.25) is 0 Å². The number of nitrogens with zero attached hydrogens (tertiary/aromatic N) is 4. The molecule has 2 atom stereocenters. The molecule has 0 amide bonds. The Balaban J connectivity index is 1.53. The SMILES string of the molecule is Nc1nc2c(-c3c(Cl)cc4c(N5CC6CCC(C5)N6)nc(=O)n5c4c3SCCC5)ccc(F)c2s1. The Labute approximate surface area is 213 Å². The van der Waals surface area contributed by atoms with E-state index >= 15 is 0 Å². The molecule has 5 heterocycles. The number of nitrogens with one attached hydrogen (secondary N) is 1. The molecule has 7 nitrogen and oxygen atoms in total. The van der Waals surface area contributed by atoms with Crippen LogP contribution < -0.4 is 21.6 Å². The lowest BCUT2D eigenvalue weighted by Gasteiger charge is -2.34. The molecule has 3 aliphatic rings. The Morgan fingerprint density at radius 3 is 2.80 bits per heavy atom. The normalized spacial score (nSPS) is 21.7. The number of halogens is 2. The molecule has 35 heavy (non-hydrogen) atoms. The lowest BCUT2D eigenvalue weighted by atomic mass is 10.0. The third-order valence-electron chi connectivity index (χ3n) is 7.22. The van der Waals surface area contributed by atoms with Crippen molar-refractivity contribution in [3.05, 3.63) is 39.5 Å². The molecule has 11 heteroatoms. The zero-order valence-electron chi connectivity index (χ0n) is 18.7. The van der Waals surface area contributed by atoms with Crippen LogP contribution in [0, 0.1) is 5.82 Å². The molecule has 0 aliphatic carbocycles. The van der Waals surface area contributed by atoms with Gasteiger partial charge < -0.3 is 16.0 Å². The van der Waals surface area contributed by atoms with Crippen molar-refractivity contribution in [1.82, 2.24) is 19.9 Å². The second-order valence-corrected chi connectivity index (χ2v) is 11.9. The fourth-order valence-electron chi connectivity index (χ4n) is 5.76. The number of rotatable bonds is 2. The van der Waals surface area contributed by atoms with E-state index in [4.69, 9.17) is 17.3 Å². The lowest BCUT2D eigenvalue weighted by molar-refractivity contribution is 0.463. The van der Waals surface area contributed by atoms with Gasteiger partial charge in [-0.15, -0.1) is 11.8 Å². The van der Waals surface area contributed by atoms with Crippen LogP contribution in [0.5, 0.6) is 0 Å². The molecule has 4 aromatic rings. The molecule has 7 rings (SSSR count). The first kappa shape index (κ1) is 21.8. The molecule has 0 saturated carbocycles. The minimum absolute atomic E-state index is 0.238. The molecule has 0 spiro atoms. The molecule has 2 aromatic carbocycles. The summed E-state index contributed by atoms with van der Waals surface area (Å²) in [4.78, 5) is 25.5. The number of aryl methyl sites for hydroxylation is 1. The fraction of sp³-hybridized carbons (Fsp3) is 0.375. The summed E-state index contributed by atoms with van der Waals surface area (Å²) < 4.78 is 16.8. The lowest BCUT2D eigenvalue weighted by Crippen LogP contribution is -2.52. The van der Waals surface area contributed by atoms with E-state index < -0.39 is 0 Å². The maximum absolute atomic E-state index is 14.6. The van der Waals surface area contributed by atoms with Crippen LogP contribution in [-0.2, 0) is 6.54 Å². The second-order valence-electron chi connectivity index (χ2n) is 9.40. The van der Waals surface area contributed by atoms with E-state index in [2.05, 4.69) is 20.2 Å². The van der Waals surface area contributed by atoms with Crippen LogP contribution in [0.25, 0.3) is 32.2 Å². The van der Waals surface area contributed by atoms with Gasteiger partial charge in [-0.1, -0.05) is 22.9 Å². The molecule has 2 fully saturated rings. The number of nitrogens with two attached hydrogens (primary N) is 1. The van der Waals surface area contributed by atoms with E-state index in [1.807, 2.05) is 6.07 Å². The van der Waals surface area contributed by atoms with E-state index in [-0.39, 0.29) is 11.5 Å². The van der Waals surface area contributed by atoms with Crippen molar-refractivity contribution in [1.29, 1.82) is 0 Å². The maximum Gasteiger partial charge on any atom is 0.350 e. The van der Waals surface area contributed by atoms with Crippen molar-refractivity contribution >= 4 is 66.8 Å². The van der Waals surface area contributed by atoms with Crippen LogP contribution >= 0.6 is 34.7 Å². The van der Waals surface area contributed by atoms with Crippen molar-refractivity contribution in [2.75, 3.05) is 29.5 Å². The van der Waals surface area contributed by atoms with Gasteiger partial charge in [-0.05, 0) is 43.2 Å². The smallest absolute Gasteiger partial charge is 0.350 e. The average molecular weight is 529 g/mol. The van der Waals surface area contributed by atoms with Gasteiger partial charge in [0.25, 0.3) is 0 Å². The first-order valence-corrected chi connectivity index (χ1v) is 13.9. The van der Waals surface area contributed by atoms with Gasteiger partial charge in [0.1, 0.15) is 11.6 Å². The van der Waals surface area contributed by atoms with E-state index in [9.17, 15) is 9.18 Å². The molecule has 2 saturated heterocycles. The van der Waals surface area contributed by atoms with Gasteiger partial charge in [-0.2, -0.15) is 4.98 Å². The molecule has 180 valence electrons. The average Bonchev–Trinajstić information content (AvgIpc) is 3.30. The molecule has 2 aromatic heterocycles. The molecular formula is C24H22ClFN6OS2. The van der Waals surface area contributed by atoms with Gasteiger partial charge in [0.05, 0.1) is 20.8 Å². The van der Waals surface area contributed by atoms with E-state index in [1.165, 1.54) is 6.07 Å². The summed E-state index contributed by atoms with van der Waals surface area (Å²) in [6, 6.07) is 5.90. The van der Waals surface area contributed by atoms with Crippen LogP contribution in [0.4, 0.5) is 15.3 Å². The predicted octanol–water partition coefficient (Wildman–Crippen LogP) is 4.48. The Hall–Kier alpha value is -2.40. The second kappa shape index (κ2) is 8.06. The van der Waals surface area contributed by atoms with Crippen LogP contribution in [0.1, 0.15) is 19.3 Å². The van der Waals surface area contributed by atoms with Crippen molar-refractivity contribution < 1.29 is 4.39 Å². The van der Waals surface area contributed by atoms with Crippen LogP contribution in [0.15, 0.2) is 27.9 Å². The van der Waals surface area contributed by atoms with Gasteiger partial charge >= 0.3 is 5.69 Å². The first-order valence-electron chi connectivity index (χ1n) is 11.7. The number of aromatic nitrogens is 3. The molecule has 3 N–H and O–H groups in total. The number of hydrogen-bond acceptors (Lipinski definition) is 8. The van der Waals surface area contributed by atoms with Gasteiger partial charge in [-0.3, -0.25) is 4.57 Å². The number of fused-ring (bicyclic) bond motifs is 3. The number of piperazine rings is 1. The van der Waals surface area contributed by atoms with E-state index in [0.717, 1.165) is 76.4 Å². The molecular weight excluding hydrogens is 507 g/mol. The monoisotopic (exact) mass is 528 g/mol. The van der Waals surface area contributed by atoms with E-state index in [1.54, 1.807) is 22.4 Å². The summed E-state index contributed by atoms with van der Waals surface area (Å²) in [7, 11) is 0. The fourth-order valence-corrected chi connectivity index (χ4v) is 8.09. The highest BCUT2D eigenvalue weighted by atomic mass is 35.5. The molecule has 2 unspecified atom stereocenters. The van der Waals surface area contributed by atoms with Gasteiger partial charge in [0, 0.05) is 53.1 Å². The van der Waals surface area contributed by atoms with Gasteiger partial charge in [-0.25, -0.2) is 14.2 Å². The zero-order valence-corrected chi connectivity index (χ0v) is 21.1. The Bertz CT molecular complexity index is 1570. The molecule has 3 aliphatic heterocycles. The summed E-state index contributed by atoms with van der Waals surface area (Å²) in [5.41, 5.74) is 8.56. The molecule has 2 bridgehead atoms. The number of anilines is 2. The highest BCUT2D eigenvalue weighted by Gasteiger charge is 2.34. The quantitative estimate of drug-likeness (QED) is 0.396. The minimum Gasteiger partial charge on any atom is -0.375 e. The Kier molecular flexibility index (Phi) is 5.03. The van der Waals surface area contributed by atoms with Gasteiger partial charge in [0.15, 0.2) is 5.13 Å². The van der Waals surface area contributed by atoms with Crippen LogP contribution in [-0.4, -0.2) is 45.5 Å². The van der Waals surface area contributed by atoms with Crippen LogP contribution in [0.3, 0.4) is 0 Å². The highest BCUT2D eigenvalue weighted by Crippen LogP contribution is 2.47. The topological polar surface area (TPSA) is 89.1 Å². The largest absolute Gasteiger partial charge is 0.375 e. The minimum atomic E-state index is -0.356. The van der Waals surface area contributed by atoms with Crippen molar-refractivity contribution in [2.24, 2.45) is 0 Å². The third-order valence-corrected chi connectivity index (χ3v) is 9.59. The number of thiazole rings is 1. The Morgan fingerprint density at radius 1 is 1.20 bits per heavy atom.